The number of halogens is 2. The normalized spacial score (nSPS) is 11.1. The molecule has 3 aromatic rings. The number of hydrogen-bond donors (Lipinski definition) is 1. The number of likely N-dealkylation sites (N-methyl/N-ethyl adjacent to an activating group) is 1. The van der Waals surface area contributed by atoms with E-state index in [1.54, 1.807) is 43.1 Å². The first-order valence-electron chi connectivity index (χ1n) is 9.00. The number of nitrogens with one attached hydrogen (secondary N) is 1. The Kier molecular flexibility index (Phi) is 6.79. The summed E-state index contributed by atoms with van der Waals surface area (Å²) in [6.45, 7) is 2.42. The average Bonchev–Trinajstić information content (AvgIpc) is 3.03. The maximum atomic E-state index is 12.4. The minimum absolute atomic E-state index is 0.0992. The lowest BCUT2D eigenvalue weighted by atomic mass is 10.1. The van der Waals surface area contributed by atoms with Gasteiger partial charge >= 0.3 is 5.97 Å². The second-order valence-corrected chi connectivity index (χ2v) is 7.29. The molecule has 29 heavy (non-hydrogen) atoms. The smallest absolute Gasteiger partial charge is 0.374 e. The van der Waals surface area contributed by atoms with Crippen LogP contribution in [0.3, 0.4) is 0 Å². The molecule has 0 aliphatic rings. The summed E-state index contributed by atoms with van der Waals surface area (Å²) in [6, 6.07) is 12.2. The van der Waals surface area contributed by atoms with E-state index in [4.69, 9.17) is 32.4 Å². The number of carbonyl (C=O) groups excluding carboxylic acids is 2. The molecule has 0 saturated carbocycles. The third kappa shape index (κ3) is 5.09. The van der Waals surface area contributed by atoms with Crippen LogP contribution >= 0.6 is 23.2 Å². The number of anilines is 1. The molecular formula is C21H20Cl2N2O4. The molecule has 0 fully saturated rings. The van der Waals surface area contributed by atoms with Gasteiger partial charge in [0.05, 0.1) is 23.2 Å². The second-order valence-electron chi connectivity index (χ2n) is 6.48. The topological polar surface area (TPSA) is 71.8 Å². The number of amides is 1. The van der Waals surface area contributed by atoms with Crippen molar-refractivity contribution in [2.24, 2.45) is 0 Å². The summed E-state index contributed by atoms with van der Waals surface area (Å²) in [6.07, 6.45) is 0. The molecule has 0 unspecified atom stereocenters. The molecule has 8 heteroatoms. The summed E-state index contributed by atoms with van der Waals surface area (Å²) < 4.78 is 10.8. The fraction of sp³-hybridized carbons (Fsp3) is 0.238. The molecule has 1 N–H and O–H groups in total. The molecule has 0 bridgehead atoms. The summed E-state index contributed by atoms with van der Waals surface area (Å²) in [5.74, 6) is -0.589. The summed E-state index contributed by atoms with van der Waals surface area (Å²) in [7, 11) is 1.78. The van der Waals surface area contributed by atoms with Gasteiger partial charge in [-0.15, -0.1) is 0 Å². The van der Waals surface area contributed by atoms with E-state index in [9.17, 15) is 9.59 Å². The number of fused-ring (bicyclic) bond motifs is 1. The fourth-order valence-electron chi connectivity index (χ4n) is 2.96. The van der Waals surface area contributed by atoms with Crippen LogP contribution in [-0.4, -0.2) is 37.0 Å². The van der Waals surface area contributed by atoms with Crippen LogP contribution in [0.1, 0.15) is 23.0 Å². The van der Waals surface area contributed by atoms with Gasteiger partial charge in [-0.25, -0.2) is 4.79 Å². The van der Waals surface area contributed by atoms with Gasteiger partial charge in [-0.2, -0.15) is 0 Å². The fourth-order valence-corrected chi connectivity index (χ4v) is 3.26. The Morgan fingerprint density at radius 3 is 2.62 bits per heavy atom. The first-order valence-corrected chi connectivity index (χ1v) is 9.75. The lowest BCUT2D eigenvalue weighted by Crippen LogP contribution is -2.30. The monoisotopic (exact) mass is 434 g/mol. The van der Waals surface area contributed by atoms with E-state index < -0.39 is 5.97 Å². The molecule has 0 atom stereocenters. The number of nitrogens with zero attached hydrogens (tertiary/aromatic N) is 1. The summed E-state index contributed by atoms with van der Waals surface area (Å²) >= 11 is 11.9. The minimum Gasteiger partial charge on any atom is -0.460 e. The van der Waals surface area contributed by atoms with Gasteiger partial charge in [-0.05, 0) is 38.2 Å². The van der Waals surface area contributed by atoms with E-state index >= 15 is 0 Å². The lowest BCUT2D eigenvalue weighted by Gasteiger charge is -2.16. The molecule has 1 amide bonds. The van der Waals surface area contributed by atoms with Crippen LogP contribution in [0.4, 0.5) is 5.69 Å². The molecular weight excluding hydrogens is 415 g/mol. The van der Waals surface area contributed by atoms with E-state index in [2.05, 4.69) is 5.32 Å². The zero-order chi connectivity index (χ0) is 21.0. The van der Waals surface area contributed by atoms with Gasteiger partial charge in [0.25, 0.3) is 0 Å². The van der Waals surface area contributed by atoms with Crippen molar-refractivity contribution in [3.05, 3.63) is 63.8 Å². The molecule has 6 nitrogen and oxygen atoms in total. The van der Waals surface area contributed by atoms with Gasteiger partial charge < -0.3 is 14.5 Å². The number of esters is 1. The van der Waals surface area contributed by atoms with Gasteiger partial charge in [-0.1, -0.05) is 41.4 Å². The Hall–Kier alpha value is -2.54. The van der Waals surface area contributed by atoms with Crippen molar-refractivity contribution in [1.29, 1.82) is 0 Å². The van der Waals surface area contributed by atoms with Crippen LogP contribution in [-0.2, 0) is 16.1 Å². The zero-order valence-electron chi connectivity index (χ0n) is 16.0. The molecule has 0 saturated heterocycles. The predicted molar refractivity (Wildman–Crippen MR) is 114 cm³/mol. The van der Waals surface area contributed by atoms with E-state index in [-0.39, 0.29) is 24.8 Å². The van der Waals surface area contributed by atoms with Gasteiger partial charge in [0.1, 0.15) is 5.58 Å². The summed E-state index contributed by atoms with van der Waals surface area (Å²) in [4.78, 5) is 26.5. The van der Waals surface area contributed by atoms with Gasteiger partial charge in [0.2, 0.25) is 11.7 Å². The van der Waals surface area contributed by atoms with Crippen molar-refractivity contribution in [3.8, 4) is 0 Å². The number of furan rings is 1. The maximum absolute atomic E-state index is 12.4. The van der Waals surface area contributed by atoms with Crippen LogP contribution < -0.4 is 5.32 Å². The maximum Gasteiger partial charge on any atom is 0.374 e. The van der Waals surface area contributed by atoms with Crippen molar-refractivity contribution in [2.75, 3.05) is 25.5 Å². The van der Waals surface area contributed by atoms with Gasteiger partial charge in [0, 0.05) is 23.2 Å². The highest BCUT2D eigenvalue weighted by Crippen LogP contribution is 2.28. The Bertz CT molecular complexity index is 1050. The molecule has 152 valence electrons. The lowest BCUT2D eigenvalue weighted by molar-refractivity contribution is -0.117. The zero-order valence-corrected chi connectivity index (χ0v) is 17.5. The highest BCUT2D eigenvalue weighted by atomic mass is 35.5. The number of para-hydroxylation sites is 1. The van der Waals surface area contributed by atoms with Crippen molar-refractivity contribution in [2.45, 2.75) is 13.5 Å². The Balaban J connectivity index is 1.74. The van der Waals surface area contributed by atoms with Crippen molar-refractivity contribution < 1.29 is 18.7 Å². The molecule has 0 spiro atoms. The number of rotatable bonds is 7. The number of benzene rings is 2. The molecule has 0 aliphatic heterocycles. The molecule has 2 aromatic carbocycles. The molecule has 1 aromatic heterocycles. The Morgan fingerprint density at radius 1 is 1.14 bits per heavy atom. The van der Waals surface area contributed by atoms with E-state index in [1.807, 2.05) is 18.2 Å². The first-order chi connectivity index (χ1) is 13.9. The van der Waals surface area contributed by atoms with E-state index in [1.165, 1.54) is 0 Å². The third-order valence-electron chi connectivity index (χ3n) is 4.20. The highest BCUT2D eigenvalue weighted by Gasteiger charge is 2.23. The average molecular weight is 435 g/mol. The van der Waals surface area contributed by atoms with Crippen molar-refractivity contribution in [1.82, 2.24) is 4.90 Å². The minimum atomic E-state index is -0.521. The number of hydrogen-bond acceptors (Lipinski definition) is 5. The van der Waals surface area contributed by atoms with Crippen LogP contribution in [0.25, 0.3) is 11.0 Å². The van der Waals surface area contributed by atoms with Crippen LogP contribution in [0.5, 0.6) is 0 Å². The molecule has 0 radical (unpaired) electrons. The molecule has 1 heterocycles. The Labute approximate surface area is 178 Å². The SMILES string of the molecule is CCOC(=O)c1oc2ccccc2c1CN(C)CC(=O)Nc1ccc(Cl)c(Cl)c1. The summed E-state index contributed by atoms with van der Waals surface area (Å²) in [5.41, 5.74) is 1.84. The van der Waals surface area contributed by atoms with Crippen LogP contribution in [0.2, 0.25) is 10.0 Å². The van der Waals surface area contributed by atoms with Crippen LogP contribution in [0, 0.1) is 0 Å². The Morgan fingerprint density at radius 2 is 1.90 bits per heavy atom. The van der Waals surface area contributed by atoms with Crippen molar-refractivity contribution in [3.63, 3.8) is 0 Å². The predicted octanol–water partition coefficient (Wildman–Crippen LogP) is 4.99. The quantitative estimate of drug-likeness (QED) is 0.530. The van der Waals surface area contributed by atoms with Crippen LogP contribution in [0.15, 0.2) is 46.9 Å². The number of ether oxygens (including phenoxy) is 1. The van der Waals surface area contributed by atoms with Gasteiger partial charge in [0.15, 0.2) is 0 Å². The third-order valence-corrected chi connectivity index (χ3v) is 4.94. The largest absolute Gasteiger partial charge is 0.460 e. The summed E-state index contributed by atoms with van der Waals surface area (Å²) in [5, 5.41) is 4.37. The highest BCUT2D eigenvalue weighted by molar-refractivity contribution is 6.42. The molecule has 3 rings (SSSR count). The molecule has 0 aliphatic carbocycles. The van der Waals surface area contributed by atoms with E-state index in [0.717, 1.165) is 5.39 Å². The standard InChI is InChI=1S/C21H20Cl2N2O4/c1-3-28-21(27)20-15(14-6-4-5-7-18(14)29-20)11-25(2)12-19(26)24-13-8-9-16(22)17(23)10-13/h4-10H,3,11-12H2,1-2H3,(H,24,26). The second kappa shape index (κ2) is 9.31. The first kappa shape index (κ1) is 21.2. The number of carbonyl (C=O) groups is 2. The van der Waals surface area contributed by atoms with Crippen molar-refractivity contribution >= 4 is 51.7 Å². The van der Waals surface area contributed by atoms with E-state index in [0.29, 0.717) is 33.4 Å². The van der Waals surface area contributed by atoms with Gasteiger partial charge in [-0.3, -0.25) is 9.69 Å².